The van der Waals surface area contributed by atoms with Crippen LogP contribution < -0.4 is 0 Å². The van der Waals surface area contributed by atoms with E-state index in [1.54, 1.807) is 0 Å². The van der Waals surface area contributed by atoms with Crippen molar-refractivity contribution in [1.82, 2.24) is 0 Å². The lowest BCUT2D eigenvalue weighted by Crippen LogP contribution is -1.90. The average Bonchev–Trinajstić information content (AvgIpc) is 2.30. The molecule has 0 nitrogen and oxygen atoms in total. The molecule has 2 aromatic rings. The average molecular weight is 231 g/mol. The monoisotopic (exact) mass is 230 g/mol. The number of benzene rings is 2. The summed E-state index contributed by atoms with van der Waals surface area (Å²) in [5.74, 6) is 0.455. The number of hydrogen-bond donors (Lipinski definition) is 0. The van der Waals surface area contributed by atoms with E-state index >= 15 is 0 Å². The molecule has 0 aliphatic carbocycles. The molecular weight excluding hydrogens is 216 g/mol. The maximum Gasteiger partial charge on any atom is 0.0518 e. The smallest absolute Gasteiger partial charge is 0.0518 e. The van der Waals surface area contributed by atoms with Crippen molar-refractivity contribution in [2.24, 2.45) is 0 Å². The van der Waals surface area contributed by atoms with Crippen molar-refractivity contribution in [2.75, 3.05) is 0 Å². The molecule has 0 radical (unpaired) electrons. The Balaban J connectivity index is 2.55. The predicted molar refractivity (Wildman–Crippen MR) is 71.0 cm³/mol. The van der Waals surface area contributed by atoms with E-state index in [-0.39, 0.29) is 0 Å². The first kappa shape index (κ1) is 11.2. The summed E-state index contributed by atoms with van der Waals surface area (Å²) in [6.45, 7) is 4.33. The summed E-state index contributed by atoms with van der Waals surface area (Å²) >= 11 is 6.44. The fraction of sp³-hybridized carbons (Fsp3) is 0.200. The molecule has 0 aromatic heterocycles. The topological polar surface area (TPSA) is 0 Å². The van der Waals surface area contributed by atoms with Gasteiger partial charge in [-0.2, -0.15) is 0 Å². The lowest BCUT2D eigenvalue weighted by molar-refractivity contribution is 0.867. The fourth-order valence-corrected chi connectivity index (χ4v) is 2.29. The van der Waals surface area contributed by atoms with Gasteiger partial charge in [-0.3, -0.25) is 0 Å². The van der Waals surface area contributed by atoms with Gasteiger partial charge in [-0.25, -0.2) is 0 Å². The molecule has 16 heavy (non-hydrogen) atoms. The van der Waals surface area contributed by atoms with Gasteiger partial charge in [-0.15, -0.1) is 0 Å². The minimum Gasteiger partial charge on any atom is -0.0834 e. The SMILES string of the molecule is CC(C)c1cccc(-c2ccccc2)c1Cl. The standard InChI is InChI=1S/C15H15Cl/c1-11(2)13-9-6-10-14(15(13)16)12-7-4-3-5-8-12/h3-11H,1-2H3. The van der Waals surface area contributed by atoms with E-state index in [1.807, 2.05) is 18.2 Å². The second-order valence-electron chi connectivity index (χ2n) is 4.23. The third-order valence-corrected chi connectivity index (χ3v) is 3.16. The Kier molecular flexibility index (Phi) is 3.31. The van der Waals surface area contributed by atoms with Crippen LogP contribution in [0.5, 0.6) is 0 Å². The van der Waals surface area contributed by atoms with Crippen molar-refractivity contribution >= 4 is 11.6 Å². The zero-order valence-corrected chi connectivity index (χ0v) is 10.3. The highest BCUT2D eigenvalue weighted by molar-refractivity contribution is 6.34. The minimum atomic E-state index is 0.455. The Morgan fingerprint density at radius 1 is 0.875 bits per heavy atom. The first-order valence-electron chi connectivity index (χ1n) is 5.54. The molecule has 2 aromatic carbocycles. The van der Waals surface area contributed by atoms with Crippen LogP contribution in [0.4, 0.5) is 0 Å². The van der Waals surface area contributed by atoms with Gasteiger partial charge in [0, 0.05) is 5.56 Å². The van der Waals surface area contributed by atoms with Crippen LogP contribution in [0, 0.1) is 0 Å². The molecule has 0 unspecified atom stereocenters. The molecule has 2 rings (SSSR count). The van der Waals surface area contributed by atoms with Crippen molar-refractivity contribution in [3.8, 4) is 11.1 Å². The van der Waals surface area contributed by atoms with Gasteiger partial charge in [0.15, 0.2) is 0 Å². The molecule has 82 valence electrons. The highest BCUT2D eigenvalue weighted by Gasteiger charge is 2.09. The molecule has 0 N–H and O–H groups in total. The molecule has 0 atom stereocenters. The van der Waals surface area contributed by atoms with Crippen LogP contribution in [0.25, 0.3) is 11.1 Å². The third kappa shape index (κ3) is 2.12. The molecule has 0 saturated carbocycles. The molecule has 0 aliphatic rings. The van der Waals surface area contributed by atoms with Crippen molar-refractivity contribution in [1.29, 1.82) is 0 Å². The summed E-state index contributed by atoms with van der Waals surface area (Å²) in [6, 6.07) is 16.5. The third-order valence-electron chi connectivity index (χ3n) is 2.74. The zero-order chi connectivity index (χ0) is 11.5. The van der Waals surface area contributed by atoms with E-state index in [9.17, 15) is 0 Å². The van der Waals surface area contributed by atoms with E-state index in [0.29, 0.717) is 5.92 Å². The summed E-state index contributed by atoms with van der Waals surface area (Å²) in [5.41, 5.74) is 3.51. The summed E-state index contributed by atoms with van der Waals surface area (Å²) in [6.07, 6.45) is 0. The first-order valence-corrected chi connectivity index (χ1v) is 5.92. The van der Waals surface area contributed by atoms with Crippen LogP contribution in [0.15, 0.2) is 48.5 Å². The van der Waals surface area contributed by atoms with Crippen molar-refractivity contribution in [3.63, 3.8) is 0 Å². The van der Waals surface area contributed by atoms with Crippen molar-refractivity contribution in [2.45, 2.75) is 19.8 Å². The van der Waals surface area contributed by atoms with E-state index in [1.165, 1.54) is 11.1 Å². The highest BCUT2D eigenvalue weighted by Crippen LogP contribution is 2.33. The second kappa shape index (κ2) is 4.71. The Morgan fingerprint density at radius 2 is 1.56 bits per heavy atom. The van der Waals surface area contributed by atoms with Gasteiger partial charge >= 0.3 is 0 Å². The maximum absolute atomic E-state index is 6.44. The Morgan fingerprint density at radius 3 is 2.19 bits per heavy atom. The Bertz CT molecular complexity index is 472. The molecule has 0 bridgehead atoms. The Labute approximate surface area is 102 Å². The van der Waals surface area contributed by atoms with Gasteiger partial charge < -0.3 is 0 Å². The van der Waals surface area contributed by atoms with Gasteiger partial charge in [-0.05, 0) is 17.0 Å². The predicted octanol–water partition coefficient (Wildman–Crippen LogP) is 5.13. The summed E-state index contributed by atoms with van der Waals surface area (Å²) < 4.78 is 0. The van der Waals surface area contributed by atoms with Crippen molar-refractivity contribution in [3.05, 3.63) is 59.1 Å². The van der Waals surface area contributed by atoms with Crippen LogP contribution >= 0.6 is 11.6 Å². The van der Waals surface area contributed by atoms with Crippen LogP contribution in [0.3, 0.4) is 0 Å². The summed E-state index contributed by atoms with van der Waals surface area (Å²) in [5, 5.41) is 0.878. The molecular formula is C15H15Cl. The van der Waals surface area contributed by atoms with Gasteiger partial charge in [0.2, 0.25) is 0 Å². The Hall–Kier alpha value is -1.27. The summed E-state index contributed by atoms with van der Waals surface area (Å²) in [4.78, 5) is 0. The number of hydrogen-bond acceptors (Lipinski definition) is 0. The maximum atomic E-state index is 6.44. The number of halogens is 1. The molecule has 0 fully saturated rings. The quantitative estimate of drug-likeness (QED) is 0.671. The molecule has 0 aliphatic heterocycles. The second-order valence-corrected chi connectivity index (χ2v) is 4.61. The van der Waals surface area contributed by atoms with E-state index in [4.69, 9.17) is 11.6 Å². The van der Waals surface area contributed by atoms with E-state index in [2.05, 4.69) is 44.2 Å². The highest BCUT2D eigenvalue weighted by atomic mass is 35.5. The van der Waals surface area contributed by atoms with Crippen LogP contribution in [0.1, 0.15) is 25.3 Å². The zero-order valence-electron chi connectivity index (χ0n) is 9.57. The van der Waals surface area contributed by atoms with Gasteiger partial charge in [0.25, 0.3) is 0 Å². The molecule has 0 saturated heterocycles. The van der Waals surface area contributed by atoms with Gasteiger partial charge in [-0.1, -0.05) is 74.0 Å². The molecule has 0 amide bonds. The molecule has 0 heterocycles. The fourth-order valence-electron chi connectivity index (χ4n) is 1.84. The molecule has 0 spiro atoms. The van der Waals surface area contributed by atoms with Crippen LogP contribution in [-0.2, 0) is 0 Å². The normalized spacial score (nSPS) is 10.8. The summed E-state index contributed by atoms with van der Waals surface area (Å²) in [7, 11) is 0. The van der Waals surface area contributed by atoms with Crippen LogP contribution in [-0.4, -0.2) is 0 Å². The van der Waals surface area contributed by atoms with E-state index < -0.39 is 0 Å². The van der Waals surface area contributed by atoms with E-state index in [0.717, 1.165) is 10.6 Å². The molecule has 1 heteroatoms. The minimum absolute atomic E-state index is 0.455. The lowest BCUT2D eigenvalue weighted by atomic mass is 9.97. The van der Waals surface area contributed by atoms with Gasteiger partial charge in [0.1, 0.15) is 0 Å². The number of rotatable bonds is 2. The largest absolute Gasteiger partial charge is 0.0834 e. The van der Waals surface area contributed by atoms with Crippen molar-refractivity contribution < 1.29 is 0 Å². The van der Waals surface area contributed by atoms with Gasteiger partial charge in [0.05, 0.1) is 5.02 Å². The first-order chi connectivity index (χ1) is 7.70. The van der Waals surface area contributed by atoms with Crippen LogP contribution in [0.2, 0.25) is 5.02 Å². The lowest BCUT2D eigenvalue weighted by Gasteiger charge is -2.12.